The van der Waals surface area contributed by atoms with Crippen molar-refractivity contribution in [3.8, 4) is 5.75 Å². The smallest absolute Gasteiger partial charge is 0.319 e. The van der Waals surface area contributed by atoms with Gasteiger partial charge in [-0.1, -0.05) is 18.2 Å². The van der Waals surface area contributed by atoms with E-state index in [1.165, 1.54) is 5.56 Å². The maximum absolute atomic E-state index is 13.3. The van der Waals surface area contributed by atoms with Crippen LogP contribution in [-0.4, -0.2) is 55.2 Å². The molecule has 2 aromatic carbocycles. The lowest BCUT2D eigenvalue weighted by molar-refractivity contribution is -0.129. The molecule has 2 amide bonds. The molecule has 4 rings (SSSR count). The highest BCUT2D eigenvalue weighted by Crippen LogP contribution is 2.34. The molecule has 0 fully saturated rings. The number of hydrogen-bond donors (Lipinski definition) is 2. The lowest BCUT2D eigenvalue weighted by atomic mass is 9.99. The molecule has 0 aromatic heterocycles. The summed E-state index contributed by atoms with van der Waals surface area (Å²) in [7, 11) is 2.03. The summed E-state index contributed by atoms with van der Waals surface area (Å²) >= 11 is 0. The fraction of sp³-hybridized carbons (Fsp3) is 0.440. The van der Waals surface area contributed by atoms with Gasteiger partial charge in [0.2, 0.25) is 0 Å². The van der Waals surface area contributed by atoms with Crippen molar-refractivity contribution in [2.75, 3.05) is 33.3 Å². The minimum absolute atomic E-state index is 0.249. The summed E-state index contributed by atoms with van der Waals surface area (Å²) in [5, 5.41) is 9.02. The van der Waals surface area contributed by atoms with Gasteiger partial charge >= 0.3 is 5.91 Å². The van der Waals surface area contributed by atoms with Gasteiger partial charge in [-0.3, -0.25) is 14.9 Å². The van der Waals surface area contributed by atoms with Crippen LogP contribution in [-0.2, 0) is 24.2 Å². The number of nitrogens with zero attached hydrogens (tertiary/aromatic N) is 2. The van der Waals surface area contributed by atoms with Crippen molar-refractivity contribution in [1.82, 2.24) is 14.9 Å². The van der Waals surface area contributed by atoms with E-state index in [9.17, 15) is 9.59 Å². The zero-order chi connectivity index (χ0) is 22.7. The van der Waals surface area contributed by atoms with Crippen LogP contribution in [0, 0.1) is 0 Å². The Balaban J connectivity index is 1.49. The lowest BCUT2D eigenvalue weighted by Crippen LogP contribution is -2.50. The summed E-state index contributed by atoms with van der Waals surface area (Å²) in [6.45, 7) is 5.49. The Labute approximate surface area is 189 Å². The van der Waals surface area contributed by atoms with Crippen molar-refractivity contribution < 1.29 is 19.5 Å². The molecule has 1 unspecified atom stereocenters. The van der Waals surface area contributed by atoms with Crippen LogP contribution in [0.25, 0.3) is 0 Å². The summed E-state index contributed by atoms with van der Waals surface area (Å²) in [5.74, 6) is 0.386. The first kappa shape index (κ1) is 22.5. The first-order valence-electron chi connectivity index (χ1n) is 11.4. The third-order valence-electron chi connectivity index (χ3n) is 6.81. The number of carbonyl (C=O) groups is 2. The van der Waals surface area contributed by atoms with Crippen molar-refractivity contribution in [3.05, 3.63) is 58.7 Å². The quantitative estimate of drug-likeness (QED) is 0.412. The number of likely N-dealkylation sites (N-methyl/N-ethyl adjacent to an activating group) is 1. The van der Waals surface area contributed by atoms with Crippen LogP contribution >= 0.6 is 0 Å². The van der Waals surface area contributed by atoms with Crippen LogP contribution in [0.4, 0.5) is 5.69 Å². The third kappa shape index (κ3) is 4.28. The van der Waals surface area contributed by atoms with E-state index in [2.05, 4.69) is 17.0 Å². The van der Waals surface area contributed by atoms with Crippen molar-refractivity contribution in [2.45, 2.75) is 39.2 Å². The van der Waals surface area contributed by atoms with E-state index in [1.807, 2.05) is 32.2 Å². The maximum Gasteiger partial charge on any atom is 0.319 e. The first-order chi connectivity index (χ1) is 15.5. The van der Waals surface area contributed by atoms with Crippen LogP contribution in [0.2, 0.25) is 0 Å². The topological polar surface area (TPSA) is 78.9 Å². The van der Waals surface area contributed by atoms with Gasteiger partial charge in [-0.15, -0.1) is 0 Å². The van der Waals surface area contributed by atoms with Gasteiger partial charge in [0.15, 0.2) is 0 Å². The van der Waals surface area contributed by atoms with Gasteiger partial charge in [-0.25, -0.2) is 14.8 Å². The third-order valence-corrected chi connectivity index (χ3v) is 6.81. The number of carbonyl (C=O) groups excluding carboxylic acids is 2. The van der Waals surface area contributed by atoms with Crippen molar-refractivity contribution >= 4 is 17.5 Å². The molecule has 0 aliphatic carbocycles. The molecule has 32 heavy (non-hydrogen) atoms. The van der Waals surface area contributed by atoms with Crippen LogP contribution < -0.4 is 14.7 Å². The summed E-state index contributed by atoms with van der Waals surface area (Å²) in [6.07, 6.45) is 3.20. The molecule has 7 nitrogen and oxygen atoms in total. The monoisotopic (exact) mass is 438 g/mol. The van der Waals surface area contributed by atoms with Crippen LogP contribution in [0.15, 0.2) is 36.4 Å². The molecule has 1 atom stereocenters. The van der Waals surface area contributed by atoms with E-state index in [1.54, 1.807) is 11.5 Å². The zero-order valence-corrected chi connectivity index (χ0v) is 18.9. The summed E-state index contributed by atoms with van der Waals surface area (Å²) in [6, 6.07) is 11.8. The molecule has 170 valence electrons. The predicted molar refractivity (Wildman–Crippen MR) is 123 cm³/mol. The van der Waals surface area contributed by atoms with E-state index < -0.39 is 5.91 Å². The summed E-state index contributed by atoms with van der Waals surface area (Å²) in [4.78, 5) is 27.6. The second-order valence-corrected chi connectivity index (χ2v) is 8.80. The molecule has 2 heterocycles. The van der Waals surface area contributed by atoms with Crippen LogP contribution in [0.1, 0.15) is 46.8 Å². The largest absolute Gasteiger partial charge is 0.494 e. The average molecular weight is 439 g/mol. The van der Waals surface area contributed by atoms with Gasteiger partial charge in [0.25, 0.3) is 5.91 Å². The number of rotatable bonds is 6. The van der Waals surface area contributed by atoms with Gasteiger partial charge < -0.3 is 4.74 Å². The maximum atomic E-state index is 13.3. The number of ether oxygens (including phenoxy) is 1. The highest BCUT2D eigenvalue weighted by molar-refractivity contribution is 5.94. The molecule has 2 aromatic rings. The second kappa shape index (κ2) is 9.40. The standard InChI is InChI=1S/C25H31N3O4/c1-3-32-23-16-20(25(30)26-31)15-19-8-6-12-27(17-21(19)23)13-10-24(29)28(2)14-11-18-7-4-5-9-22(18)28/h4-5,7,9,15-16H,3,6,8,10-14,17H2,1-2H3,(H-,26,30,31)/p+1. The van der Waals surface area contributed by atoms with Gasteiger partial charge in [0.05, 0.1) is 26.6 Å². The van der Waals surface area contributed by atoms with Crippen molar-refractivity contribution in [3.63, 3.8) is 0 Å². The van der Waals surface area contributed by atoms with E-state index in [-0.39, 0.29) is 5.91 Å². The minimum Gasteiger partial charge on any atom is -0.494 e. The number of para-hydroxylation sites is 1. The van der Waals surface area contributed by atoms with E-state index >= 15 is 0 Å². The lowest BCUT2D eigenvalue weighted by Gasteiger charge is -2.28. The Bertz CT molecular complexity index is 1020. The molecule has 0 bridgehead atoms. The fourth-order valence-corrected chi connectivity index (χ4v) is 5.00. The van der Waals surface area contributed by atoms with Crippen LogP contribution in [0.3, 0.4) is 0 Å². The van der Waals surface area contributed by atoms with Gasteiger partial charge in [-0.05, 0) is 50.1 Å². The molecular weight excluding hydrogens is 406 g/mol. The van der Waals surface area contributed by atoms with Gasteiger partial charge in [-0.2, -0.15) is 0 Å². The Kier molecular flexibility index (Phi) is 6.60. The predicted octanol–water partition coefficient (Wildman–Crippen LogP) is 3.06. The number of hydroxylamine groups is 1. The Morgan fingerprint density at radius 1 is 1.19 bits per heavy atom. The number of nitrogens with one attached hydrogen (secondary N) is 1. The molecule has 2 aliphatic rings. The molecule has 2 aliphatic heterocycles. The molecule has 0 radical (unpaired) electrons. The number of benzene rings is 2. The number of amides is 2. The molecule has 0 spiro atoms. The number of quaternary nitrogens is 1. The first-order valence-corrected chi connectivity index (χ1v) is 11.4. The van der Waals surface area contributed by atoms with E-state index in [0.717, 1.165) is 49.2 Å². The fourth-order valence-electron chi connectivity index (χ4n) is 5.00. The Morgan fingerprint density at radius 3 is 2.78 bits per heavy atom. The van der Waals surface area contributed by atoms with Crippen molar-refractivity contribution in [2.24, 2.45) is 0 Å². The summed E-state index contributed by atoms with van der Waals surface area (Å²) in [5.41, 5.74) is 6.64. The molecule has 0 saturated heterocycles. The highest BCUT2D eigenvalue weighted by Gasteiger charge is 2.40. The summed E-state index contributed by atoms with van der Waals surface area (Å²) < 4.78 is 6.23. The minimum atomic E-state index is -0.539. The van der Waals surface area contributed by atoms with Crippen molar-refractivity contribution in [1.29, 1.82) is 0 Å². The second-order valence-electron chi connectivity index (χ2n) is 8.80. The zero-order valence-electron chi connectivity index (χ0n) is 18.9. The molecule has 7 heteroatoms. The number of hydrogen-bond acceptors (Lipinski definition) is 5. The SMILES string of the molecule is CCOc1cc(C(=O)NO)cc2c1CN(CCC(=O)[N+]1(C)CCc3ccccc31)CCC2. The Morgan fingerprint density at radius 2 is 2.00 bits per heavy atom. The van der Waals surface area contributed by atoms with E-state index in [0.29, 0.717) is 41.9 Å². The van der Waals surface area contributed by atoms with Gasteiger partial charge in [0, 0.05) is 36.2 Å². The average Bonchev–Trinajstić information content (AvgIpc) is 3.01. The Hall–Kier alpha value is -2.74. The van der Waals surface area contributed by atoms with Crippen LogP contribution in [0.5, 0.6) is 5.75 Å². The van der Waals surface area contributed by atoms with Gasteiger partial charge in [0.1, 0.15) is 11.4 Å². The highest BCUT2D eigenvalue weighted by atomic mass is 16.5. The molecular formula is C25H32N3O4+. The number of fused-ring (bicyclic) bond motifs is 2. The number of aryl methyl sites for hydroxylation is 1. The normalized spacial score (nSPS) is 20.2. The molecule has 2 N–H and O–H groups in total. The molecule has 0 saturated carbocycles. The van der Waals surface area contributed by atoms with E-state index in [4.69, 9.17) is 9.94 Å².